The van der Waals surface area contributed by atoms with E-state index in [9.17, 15) is 13.2 Å². The van der Waals surface area contributed by atoms with Crippen LogP contribution in [0, 0.1) is 0 Å². The zero-order valence-corrected chi connectivity index (χ0v) is 13.5. The third-order valence-corrected chi connectivity index (χ3v) is 5.48. The largest absolute Gasteiger partial charge is 0.482 e. The smallest absolute Gasteiger partial charge is 0.264 e. The van der Waals surface area contributed by atoms with Gasteiger partial charge in [-0.3, -0.25) is 4.79 Å². The first kappa shape index (κ1) is 15.6. The maximum absolute atomic E-state index is 12.7. The van der Waals surface area contributed by atoms with Crippen LogP contribution in [0.5, 0.6) is 5.75 Å². The van der Waals surface area contributed by atoms with Gasteiger partial charge in [-0.05, 0) is 30.3 Å². The van der Waals surface area contributed by atoms with Crippen molar-refractivity contribution in [1.82, 2.24) is 4.31 Å². The van der Waals surface area contributed by atoms with Crippen LogP contribution in [-0.4, -0.2) is 39.3 Å². The van der Waals surface area contributed by atoms with E-state index >= 15 is 0 Å². The highest BCUT2D eigenvalue weighted by Gasteiger charge is 2.27. The summed E-state index contributed by atoms with van der Waals surface area (Å²) in [6.45, 7) is 0.0751. The minimum Gasteiger partial charge on any atom is -0.482 e. The highest BCUT2D eigenvalue weighted by atomic mass is 32.2. The number of sulfonamides is 1. The van der Waals surface area contributed by atoms with Crippen LogP contribution in [0.2, 0.25) is 0 Å². The average Bonchev–Trinajstić information content (AvgIpc) is 3.03. The Hall–Kier alpha value is -2.32. The molecule has 1 aromatic heterocycles. The van der Waals surface area contributed by atoms with Crippen LogP contribution in [0.15, 0.2) is 45.9 Å². The monoisotopic (exact) mass is 336 g/mol. The second kappa shape index (κ2) is 5.71. The Labute approximate surface area is 134 Å². The summed E-state index contributed by atoms with van der Waals surface area (Å²) in [5, 5.41) is 0. The molecule has 3 rings (SSSR count). The molecule has 122 valence electrons. The number of hydrogen-bond acceptors (Lipinski definition) is 5. The van der Waals surface area contributed by atoms with E-state index in [0.717, 1.165) is 0 Å². The van der Waals surface area contributed by atoms with Crippen LogP contribution in [0.4, 0.5) is 5.69 Å². The number of hydrogen-bond donors (Lipinski definition) is 0. The minimum atomic E-state index is -3.71. The normalized spacial score (nSPS) is 14.7. The van der Waals surface area contributed by atoms with E-state index in [1.165, 1.54) is 34.6 Å². The molecule has 0 spiro atoms. The molecular formula is C15H16N2O5S. The van der Waals surface area contributed by atoms with Gasteiger partial charge in [0.15, 0.2) is 6.61 Å². The van der Waals surface area contributed by atoms with Crippen molar-refractivity contribution < 1.29 is 22.4 Å². The standard InChI is InChI=1S/C15H16N2O5S/c1-16(9-11-4-3-7-21-11)23(19,20)12-5-6-14-13(8-12)17(2)15(18)10-22-14/h3-8H,9-10H2,1-2H3. The molecule has 1 aromatic carbocycles. The highest BCUT2D eigenvalue weighted by molar-refractivity contribution is 7.89. The van der Waals surface area contributed by atoms with Gasteiger partial charge < -0.3 is 14.1 Å². The van der Waals surface area contributed by atoms with E-state index in [1.54, 1.807) is 25.2 Å². The molecular weight excluding hydrogens is 320 g/mol. The fraction of sp³-hybridized carbons (Fsp3) is 0.267. The first-order valence-electron chi connectivity index (χ1n) is 6.92. The molecule has 23 heavy (non-hydrogen) atoms. The molecule has 1 aliphatic rings. The molecule has 0 saturated heterocycles. The van der Waals surface area contributed by atoms with Crippen molar-refractivity contribution in [3.8, 4) is 5.75 Å². The SMILES string of the molecule is CN1C(=O)COc2ccc(S(=O)(=O)N(C)Cc3ccco3)cc21. The topological polar surface area (TPSA) is 80.1 Å². The summed E-state index contributed by atoms with van der Waals surface area (Å²) in [7, 11) is -0.645. The number of rotatable bonds is 4. The van der Waals surface area contributed by atoms with Crippen molar-refractivity contribution in [3.63, 3.8) is 0 Å². The van der Waals surface area contributed by atoms with E-state index in [0.29, 0.717) is 17.2 Å². The van der Waals surface area contributed by atoms with Gasteiger partial charge in [-0.1, -0.05) is 0 Å². The van der Waals surface area contributed by atoms with Gasteiger partial charge in [0.1, 0.15) is 11.5 Å². The zero-order chi connectivity index (χ0) is 16.6. The fourth-order valence-electron chi connectivity index (χ4n) is 2.30. The van der Waals surface area contributed by atoms with Gasteiger partial charge in [-0.15, -0.1) is 0 Å². The van der Waals surface area contributed by atoms with Gasteiger partial charge in [0.25, 0.3) is 5.91 Å². The van der Waals surface area contributed by atoms with E-state index in [2.05, 4.69) is 0 Å². The molecule has 7 nitrogen and oxygen atoms in total. The highest BCUT2D eigenvalue weighted by Crippen LogP contribution is 2.34. The Morgan fingerprint density at radius 2 is 2.09 bits per heavy atom. The van der Waals surface area contributed by atoms with E-state index in [1.807, 2.05) is 0 Å². The van der Waals surface area contributed by atoms with Crippen molar-refractivity contribution in [2.45, 2.75) is 11.4 Å². The van der Waals surface area contributed by atoms with Gasteiger partial charge in [-0.25, -0.2) is 8.42 Å². The summed E-state index contributed by atoms with van der Waals surface area (Å²) >= 11 is 0. The molecule has 0 N–H and O–H groups in total. The predicted molar refractivity (Wildman–Crippen MR) is 82.7 cm³/mol. The number of furan rings is 1. The zero-order valence-electron chi connectivity index (χ0n) is 12.7. The Kier molecular flexibility index (Phi) is 3.87. The van der Waals surface area contributed by atoms with Crippen LogP contribution in [-0.2, 0) is 21.4 Å². The minimum absolute atomic E-state index is 0.0476. The van der Waals surface area contributed by atoms with Crippen LogP contribution in [0.3, 0.4) is 0 Å². The first-order chi connectivity index (χ1) is 10.9. The van der Waals surface area contributed by atoms with Gasteiger partial charge in [0, 0.05) is 14.1 Å². The number of nitrogens with zero attached hydrogens (tertiary/aromatic N) is 2. The second-order valence-corrected chi connectivity index (χ2v) is 7.26. The number of ether oxygens (including phenoxy) is 1. The van der Waals surface area contributed by atoms with E-state index in [-0.39, 0.29) is 24.0 Å². The van der Waals surface area contributed by atoms with Gasteiger partial charge >= 0.3 is 0 Å². The molecule has 1 amide bonds. The maximum atomic E-state index is 12.7. The number of amides is 1. The predicted octanol–water partition coefficient (Wildman–Crippen LogP) is 1.46. The molecule has 0 saturated carbocycles. The molecule has 0 aliphatic carbocycles. The van der Waals surface area contributed by atoms with Crippen molar-refractivity contribution in [2.24, 2.45) is 0 Å². The van der Waals surface area contributed by atoms with Crippen molar-refractivity contribution in [2.75, 3.05) is 25.6 Å². The number of anilines is 1. The van der Waals surface area contributed by atoms with Crippen LogP contribution in [0.25, 0.3) is 0 Å². The molecule has 0 atom stereocenters. The third-order valence-electron chi connectivity index (χ3n) is 3.68. The number of likely N-dealkylation sites (N-methyl/N-ethyl adjacent to an activating group) is 1. The number of carbonyl (C=O) groups is 1. The Morgan fingerprint density at radius 3 is 2.78 bits per heavy atom. The lowest BCUT2D eigenvalue weighted by Gasteiger charge is -2.26. The number of carbonyl (C=O) groups excluding carboxylic acids is 1. The lowest BCUT2D eigenvalue weighted by molar-refractivity contribution is -0.120. The van der Waals surface area contributed by atoms with Crippen molar-refractivity contribution in [3.05, 3.63) is 42.4 Å². The molecule has 1 aliphatic heterocycles. The first-order valence-corrected chi connectivity index (χ1v) is 8.36. The molecule has 0 fully saturated rings. The van der Waals surface area contributed by atoms with Gasteiger partial charge in [-0.2, -0.15) is 4.31 Å². The summed E-state index contributed by atoms with van der Waals surface area (Å²) in [6, 6.07) is 7.88. The van der Waals surface area contributed by atoms with Gasteiger partial charge in [0.05, 0.1) is 23.4 Å². The Bertz CT molecular complexity index is 830. The van der Waals surface area contributed by atoms with Crippen molar-refractivity contribution >= 4 is 21.6 Å². The average molecular weight is 336 g/mol. The maximum Gasteiger partial charge on any atom is 0.264 e. The molecule has 2 aromatic rings. The lowest BCUT2D eigenvalue weighted by atomic mass is 10.2. The summed E-state index contributed by atoms with van der Waals surface area (Å²) in [5.41, 5.74) is 0.439. The Morgan fingerprint density at radius 1 is 1.30 bits per heavy atom. The summed E-state index contributed by atoms with van der Waals surface area (Å²) < 4.78 is 37.0. The van der Waals surface area contributed by atoms with E-state index < -0.39 is 10.0 Å². The molecule has 0 radical (unpaired) electrons. The summed E-state index contributed by atoms with van der Waals surface area (Å²) in [4.78, 5) is 13.2. The van der Waals surface area contributed by atoms with Gasteiger partial charge in [0.2, 0.25) is 10.0 Å². The fourth-order valence-corrected chi connectivity index (χ4v) is 3.46. The molecule has 2 heterocycles. The van der Waals surface area contributed by atoms with Crippen LogP contribution < -0.4 is 9.64 Å². The quantitative estimate of drug-likeness (QED) is 0.844. The third kappa shape index (κ3) is 2.82. The second-order valence-electron chi connectivity index (χ2n) is 5.21. The van der Waals surface area contributed by atoms with Crippen LogP contribution >= 0.6 is 0 Å². The number of benzene rings is 1. The van der Waals surface area contributed by atoms with Crippen LogP contribution in [0.1, 0.15) is 5.76 Å². The molecule has 8 heteroatoms. The summed E-state index contributed by atoms with van der Waals surface area (Å²) in [6.07, 6.45) is 1.49. The van der Waals surface area contributed by atoms with E-state index in [4.69, 9.17) is 9.15 Å². The van der Waals surface area contributed by atoms with Crippen molar-refractivity contribution in [1.29, 1.82) is 0 Å². The summed E-state index contributed by atoms with van der Waals surface area (Å²) in [5.74, 6) is 0.806. The molecule has 0 unspecified atom stereocenters. The molecule has 0 bridgehead atoms. The number of fused-ring (bicyclic) bond motifs is 1. The lowest BCUT2D eigenvalue weighted by Crippen LogP contribution is -2.35. The Balaban J connectivity index is 1.93.